The zero-order valence-corrected chi connectivity index (χ0v) is 18.5. The van der Waals surface area contributed by atoms with E-state index >= 15 is 0 Å². The van der Waals surface area contributed by atoms with Gasteiger partial charge >= 0.3 is 0 Å². The Labute approximate surface area is 194 Å². The molecule has 1 aliphatic heterocycles. The van der Waals surface area contributed by atoms with Gasteiger partial charge < -0.3 is 9.64 Å². The predicted molar refractivity (Wildman–Crippen MR) is 133 cm³/mol. The van der Waals surface area contributed by atoms with Gasteiger partial charge in [-0.3, -0.25) is 15.8 Å². The number of rotatable bonds is 5. The van der Waals surface area contributed by atoms with E-state index in [1.54, 1.807) is 23.7 Å². The zero-order chi connectivity index (χ0) is 22.2. The summed E-state index contributed by atoms with van der Waals surface area (Å²) >= 11 is 1.70. The highest BCUT2D eigenvalue weighted by atomic mass is 32.1. The predicted octanol–water partition coefficient (Wildman–Crippen LogP) is 4.80. The Balaban J connectivity index is 1.40. The molecule has 0 atom stereocenters. The molecule has 2 N–H and O–H groups in total. The van der Waals surface area contributed by atoms with Crippen molar-refractivity contribution in [3.05, 3.63) is 78.6 Å². The summed E-state index contributed by atoms with van der Waals surface area (Å²) in [7, 11) is 0. The van der Waals surface area contributed by atoms with E-state index in [9.17, 15) is 0 Å². The number of ether oxygens (including phenoxy) is 1. The molecule has 1 fully saturated rings. The quantitative estimate of drug-likeness (QED) is 0.369. The molecular weight excluding hydrogens is 434 g/mol. The van der Waals surface area contributed by atoms with Gasteiger partial charge in [-0.25, -0.2) is 4.98 Å². The maximum atomic E-state index is 5.57. The van der Waals surface area contributed by atoms with E-state index in [1.807, 2.05) is 40.9 Å². The Morgan fingerprint density at radius 3 is 2.82 bits per heavy atom. The Morgan fingerprint density at radius 2 is 1.94 bits per heavy atom. The number of hydrogen-bond acceptors (Lipinski definition) is 8. The van der Waals surface area contributed by atoms with Gasteiger partial charge in [0.05, 0.1) is 24.6 Å². The van der Waals surface area contributed by atoms with Crippen LogP contribution in [0.1, 0.15) is 0 Å². The Bertz CT molecular complexity index is 1460. The van der Waals surface area contributed by atoms with Crippen molar-refractivity contribution in [2.45, 2.75) is 0 Å². The van der Waals surface area contributed by atoms with Gasteiger partial charge in [0.1, 0.15) is 5.82 Å². The van der Waals surface area contributed by atoms with Crippen LogP contribution in [0.5, 0.6) is 0 Å². The Hall–Kier alpha value is -3.95. The van der Waals surface area contributed by atoms with Crippen molar-refractivity contribution in [3.63, 3.8) is 0 Å². The average molecular weight is 456 g/mol. The van der Waals surface area contributed by atoms with Crippen molar-refractivity contribution in [3.8, 4) is 11.3 Å². The molecule has 0 radical (unpaired) electrons. The molecule has 1 saturated heterocycles. The van der Waals surface area contributed by atoms with Crippen molar-refractivity contribution in [2.24, 2.45) is 0 Å². The largest absolute Gasteiger partial charge is 0.373 e. The lowest BCUT2D eigenvalue weighted by Crippen LogP contribution is -2.35. The SMILES string of the molecule is C=C1COCCN1c1cc(NNc2csc3ccccc23)nc2cc(-c3ccncc3)nn12. The van der Waals surface area contributed by atoms with Crippen LogP contribution in [0.4, 0.5) is 17.3 Å². The molecule has 8 nitrogen and oxygen atoms in total. The van der Waals surface area contributed by atoms with Crippen molar-refractivity contribution < 1.29 is 4.74 Å². The van der Waals surface area contributed by atoms with Crippen LogP contribution in [-0.4, -0.2) is 39.3 Å². The molecule has 5 aromatic rings. The second kappa shape index (κ2) is 8.19. The van der Waals surface area contributed by atoms with Gasteiger partial charge in [-0.1, -0.05) is 24.8 Å². The van der Waals surface area contributed by atoms with Crippen LogP contribution in [0.2, 0.25) is 0 Å². The first-order valence-electron chi connectivity index (χ1n) is 10.6. The monoisotopic (exact) mass is 455 g/mol. The van der Waals surface area contributed by atoms with Crippen LogP contribution in [0.15, 0.2) is 78.6 Å². The summed E-state index contributed by atoms with van der Waals surface area (Å²) in [5, 5.41) is 8.11. The molecule has 6 rings (SSSR count). The number of morpholine rings is 1. The van der Waals surface area contributed by atoms with E-state index in [0.29, 0.717) is 25.6 Å². The van der Waals surface area contributed by atoms with Crippen LogP contribution >= 0.6 is 11.3 Å². The topological polar surface area (TPSA) is 79.6 Å². The molecule has 9 heteroatoms. The summed E-state index contributed by atoms with van der Waals surface area (Å²) in [5.74, 6) is 1.57. The highest BCUT2D eigenvalue weighted by Crippen LogP contribution is 2.31. The Kier molecular flexibility index (Phi) is 4.89. The van der Waals surface area contributed by atoms with Crippen molar-refractivity contribution >= 4 is 44.4 Å². The van der Waals surface area contributed by atoms with Crippen molar-refractivity contribution in [1.82, 2.24) is 19.6 Å². The highest BCUT2D eigenvalue weighted by Gasteiger charge is 2.21. The van der Waals surface area contributed by atoms with Gasteiger partial charge in [0.25, 0.3) is 0 Å². The van der Waals surface area contributed by atoms with Crippen LogP contribution in [0.25, 0.3) is 27.0 Å². The van der Waals surface area contributed by atoms with Crippen LogP contribution < -0.4 is 15.8 Å². The van der Waals surface area contributed by atoms with E-state index in [0.717, 1.165) is 34.1 Å². The number of aromatic nitrogens is 4. The van der Waals surface area contributed by atoms with Crippen molar-refractivity contribution in [2.75, 3.05) is 35.5 Å². The van der Waals surface area contributed by atoms with E-state index in [4.69, 9.17) is 14.8 Å². The number of benzene rings is 1. The van der Waals surface area contributed by atoms with E-state index in [-0.39, 0.29) is 0 Å². The third-order valence-corrected chi connectivity index (χ3v) is 6.54. The van der Waals surface area contributed by atoms with Gasteiger partial charge in [-0.05, 0) is 18.2 Å². The molecule has 33 heavy (non-hydrogen) atoms. The number of thiophene rings is 1. The summed E-state index contributed by atoms with van der Waals surface area (Å²) < 4.78 is 8.66. The molecule has 0 unspecified atom stereocenters. The standard InChI is InChI=1S/C24H21N7OS/c1-16-14-32-11-10-30(16)24-13-22(28-27-20-15-33-21-5-3-2-4-18(20)21)26-23-12-19(29-31(23)24)17-6-8-25-9-7-17/h2-9,12-13,15,27H,1,10-11,14H2,(H,26,28). The zero-order valence-electron chi connectivity index (χ0n) is 17.7. The molecule has 4 aromatic heterocycles. The number of hydrogen-bond donors (Lipinski definition) is 2. The lowest BCUT2D eigenvalue weighted by Gasteiger charge is -2.31. The third kappa shape index (κ3) is 3.67. The summed E-state index contributed by atoms with van der Waals surface area (Å²) in [6, 6.07) is 16.2. The first-order valence-corrected chi connectivity index (χ1v) is 11.5. The molecule has 0 saturated carbocycles. The van der Waals surface area contributed by atoms with Crippen LogP contribution in [0, 0.1) is 0 Å². The molecule has 0 bridgehead atoms. The number of pyridine rings is 1. The highest BCUT2D eigenvalue weighted by molar-refractivity contribution is 7.17. The number of fused-ring (bicyclic) bond motifs is 2. The van der Waals surface area contributed by atoms with Gasteiger partial charge in [0, 0.05) is 57.8 Å². The van der Waals surface area contributed by atoms with Gasteiger partial charge in [0.2, 0.25) is 0 Å². The molecule has 0 amide bonds. The number of nitrogens with zero attached hydrogens (tertiary/aromatic N) is 5. The van der Waals surface area contributed by atoms with Gasteiger partial charge in [-0.2, -0.15) is 9.61 Å². The van der Waals surface area contributed by atoms with Gasteiger partial charge in [0.15, 0.2) is 11.5 Å². The fourth-order valence-corrected chi connectivity index (χ4v) is 4.84. The first-order chi connectivity index (χ1) is 16.3. The number of hydrazine groups is 1. The minimum absolute atomic E-state index is 0.490. The lowest BCUT2D eigenvalue weighted by molar-refractivity contribution is 0.142. The summed E-state index contributed by atoms with van der Waals surface area (Å²) in [6.07, 6.45) is 3.53. The first kappa shape index (κ1) is 19.7. The molecule has 164 valence electrons. The smallest absolute Gasteiger partial charge is 0.160 e. The van der Waals surface area contributed by atoms with Crippen LogP contribution in [-0.2, 0) is 4.74 Å². The molecule has 0 spiro atoms. The normalized spacial score (nSPS) is 14.2. The molecule has 5 heterocycles. The van der Waals surface area contributed by atoms with E-state index in [2.05, 4.69) is 44.8 Å². The fraction of sp³-hybridized carbons (Fsp3) is 0.125. The molecular formula is C24H21N7OS. The summed E-state index contributed by atoms with van der Waals surface area (Å²) in [6.45, 7) is 6.01. The maximum absolute atomic E-state index is 5.57. The molecule has 1 aliphatic rings. The number of nitrogens with one attached hydrogen (secondary N) is 2. The van der Waals surface area contributed by atoms with Crippen LogP contribution in [0.3, 0.4) is 0 Å². The fourth-order valence-electron chi connectivity index (χ4n) is 3.94. The van der Waals surface area contributed by atoms with Gasteiger partial charge in [-0.15, -0.1) is 11.3 Å². The average Bonchev–Trinajstić information content (AvgIpc) is 3.47. The Morgan fingerprint density at radius 1 is 1.06 bits per heavy atom. The number of anilines is 3. The maximum Gasteiger partial charge on any atom is 0.160 e. The minimum Gasteiger partial charge on any atom is -0.373 e. The lowest BCUT2D eigenvalue weighted by atomic mass is 10.2. The summed E-state index contributed by atoms with van der Waals surface area (Å²) in [5.41, 5.74) is 11.1. The van der Waals surface area contributed by atoms with E-state index < -0.39 is 0 Å². The van der Waals surface area contributed by atoms with Crippen molar-refractivity contribution in [1.29, 1.82) is 0 Å². The molecule has 1 aromatic carbocycles. The summed E-state index contributed by atoms with van der Waals surface area (Å²) in [4.78, 5) is 11.0. The second-order valence-electron chi connectivity index (χ2n) is 7.70. The second-order valence-corrected chi connectivity index (χ2v) is 8.61. The minimum atomic E-state index is 0.490. The van der Waals surface area contributed by atoms with E-state index in [1.165, 1.54) is 10.1 Å². The molecule has 0 aliphatic carbocycles. The third-order valence-electron chi connectivity index (χ3n) is 5.58.